The predicted octanol–water partition coefficient (Wildman–Crippen LogP) is 2.44. The highest BCUT2D eigenvalue weighted by atomic mass is 127. The van der Waals surface area contributed by atoms with Crippen LogP contribution in [0.1, 0.15) is 22.9 Å². The smallest absolute Gasteiger partial charge is 0.191 e. The SMILES string of the molecule is CN=C(NCCc1c(C)[nH]c2ccccc12)NCc1nnc(C)n1C.I. The third kappa shape index (κ3) is 4.35. The molecule has 0 atom stereocenters. The van der Waals surface area contributed by atoms with Crippen LogP contribution in [0.5, 0.6) is 0 Å². The summed E-state index contributed by atoms with van der Waals surface area (Å²) in [5.41, 5.74) is 3.76. The van der Waals surface area contributed by atoms with Crippen molar-refractivity contribution in [3.63, 3.8) is 0 Å². The van der Waals surface area contributed by atoms with Crippen LogP contribution < -0.4 is 10.6 Å². The average Bonchev–Trinajstić information content (AvgIpc) is 3.11. The molecule has 2 heterocycles. The molecule has 3 rings (SSSR count). The van der Waals surface area contributed by atoms with Crippen LogP contribution in [-0.4, -0.2) is 39.3 Å². The van der Waals surface area contributed by atoms with Gasteiger partial charge in [-0.3, -0.25) is 4.99 Å². The van der Waals surface area contributed by atoms with Gasteiger partial charge in [0.2, 0.25) is 0 Å². The topological polar surface area (TPSA) is 82.9 Å². The Hall–Kier alpha value is -2.10. The molecular formula is C18H26IN7. The minimum atomic E-state index is 0. The molecule has 7 nitrogen and oxygen atoms in total. The Morgan fingerprint density at radius 2 is 1.96 bits per heavy atom. The number of aliphatic imine (C=N–C) groups is 1. The van der Waals surface area contributed by atoms with Crippen LogP contribution in [0.3, 0.4) is 0 Å². The molecule has 2 aromatic heterocycles. The molecule has 0 saturated carbocycles. The number of fused-ring (bicyclic) bond motifs is 1. The number of nitrogens with zero attached hydrogens (tertiary/aromatic N) is 4. The number of nitrogens with one attached hydrogen (secondary N) is 3. The summed E-state index contributed by atoms with van der Waals surface area (Å²) in [4.78, 5) is 7.72. The van der Waals surface area contributed by atoms with Gasteiger partial charge >= 0.3 is 0 Å². The molecule has 0 aliphatic heterocycles. The van der Waals surface area contributed by atoms with E-state index in [9.17, 15) is 0 Å². The number of hydrogen-bond acceptors (Lipinski definition) is 3. The molecule has 0 saturated heterocycles. The van der Waals surface area contributed by atoms with Gasteiger partial charge in [-0.15, -0.1) is 34.2 Å². The molecule has 0 spiro atoms. The van der Waals surface area contributed by atoms with Gasteiger partial charge in [0.05, 0.1) is 6.54 Å². The van der Waals surface area contributed by atoms with E-state index in [1.54, 1.807) is 7.05 Å². The van der Waals surface area contributed by atoms with Crippen molar-refractivity contribution in [3.8, 4) is 0 Å². The lowest BCUT2D eigenvalue weighted by Crippen LogP contribution is -2.38. The number of aryl methyl sites for hydroxylation is 2. The molecule has 26 heavy (non-hydrogen) atoms. The highest BCUT2D eigenvalue weighted by molar-refractivity contribution is 14.0. The summed E-state index contributed by atoms with van der Waals surface area (Å²) in [5.74, 6) is 2.54. The number of halogens is 1. The fourth-order valence-corrected chi connectivity index (χ4v) is 2.95. The zero-order chi connectivity index (χ0) is 17.8. The Bertz CT molecular complexity index is 894. The first kappa shape index (κ1) is 20.2. The number of rotatable bonds is 5. The summed E-state index contributed by atoms with van der Waals surface area (Å²) in [6.07, 6.45) is 0.930. The molecule has 3 aromatic rings. The normalized spacial score (nSPS) is 11.5. The summed E-state index contributed by atoms with van der Waals surface area (Å²) in [7, 11) is 3.73. The fourth-order valence-electron chi connectivity index (χ4n) is 2.95. The first-order chi connectivity index (χ1) is 12.1. The van der Waals surface area contributed by atoms with Crippen molar-refractivity contribution in [2.45, 2.75) is 26.8 Å². The maximum absolute atomic E-state index is 4.27. The summed E-state index contributed by atoms with van der Waals surface area (Å²) in [6, 6.07) is 8.41. The molecule has 3 N–H and O–H groups in total. The molecule has 0 bridgehead atoms. The van der Waals surface area contributed by atoms with E-state index in [4.69, 9.17) is 0 Å². The molecule has 0 amide bonds. The Labute approximate surface area is 170 Å². The molecule has 0 unspecified atom stereocenters. The fraction of sp³-hybridized carbons (Fsp3) is 0.389. The molecule has 0 radical (unpaired) electrons. The maximum Gasteiger partial charge on any atom is 0.191 e. The van der Waals surface area contributed by atoms with E-state index in [-0.39, 0.29) is 24.0 Å². The summed E-state index contributed by atoms with van der Waals surface area (Å²) in [6.45, 7) is 5.45. The second kappa shape index (κ2) is 9.02. The zero-order valence-corrected chi connectivity index (χ0v) is 18.0. The van der Waals surface area contributed by atoms with E-state index in [1.807, 2.05) is 18.5 Å². The van der Waals surface area contributed by atoms with Crippen molar-refractivity contribution in [1.82, 2.24) is 30.4 Å². The minimum absolute atomic E-state index is 0. The first-order valence-corrected chi connectivity index (χ1v) is 8.45. The van der Waals surface area contributed by atoms with E-state index < -0.39 is 0 Å². The second-order valence-electron chi connectivity index (χ2n) is 6.10. The Morgan fingerprint density at radius 3 is 2.65 bits per heavy atom. The van der Waals surface area contributed by atoms with E-state index in [1.165, 1.54) is 22.2 Å². The van der Waals surface area contributed by atoms with Gasteiger partial charge in [0, 0.05) is 37.2 Å². The number of para-hydroxylation sites is 1. The summed E-state index contributed by atoms with van der Waals surface area (Å²) >= 11 is 0. The predicted molar refractivity (Wildman–Crippen MR) is 116 cm³/mol. The number of guanidine groups is 1. The Balaban J connectivity index is 0.00000243. The first-order valence-electron chi connectivity index (χ1n) is 8.45. The molecular weight excluding hydrogens is 441 g/mol. The van der Waals surface area contributed by atoms with Crippen LogP contribution in [0, 0.1) is 13.8 Å². The Morgan fingerprint density at radius 1 is 1.19 bits per heavy atom. The number of aromatic amines is 1. The van der Waals surface area contributed by atoms with Crippen molar-refractivity contribution in [1.29, 1.82) is 0 Å². The van der Waals surface area contributed by atoms with Crippen molar-refractivity contribution >= 4 is 40.8 Å². The van der Waals surface area contributed by atoms with Crippen molar-refractivity contribution in [3.05, 3.63) is 47.2 Å². The number of hydrogen-bond donors (Lipinski definition) is 3. The third-order valence-electron chi connectivity index (χ3n) is 4.51. The van der Waals surface area contributed by atoms with Gasteiger partial charge in [0.25, 0.3) is 0 Å². The highest BCUT2D eigenvalue weighted by Crippen LogP contribution is 2.21. The third-order valence-corrected chi connectivity index (χ3v) is 4.51. The van der Waals surface area contributed by atoms with Crippen LogP contribution in [-0.2, 0) is 20.0 Å². The quantitative estimate of drug-likeness (QED) is 0.306. The van der Waals surface area contributed by atoms with Gasteiger partial charge < -0.3 is 20.2 Å². The Kier molecular flexibility index (Phi) is 7.01. The second-order valence-corrected chi connectivity index (χ2v) is 6.10. The summed E-state index contributed by atoms with van der Waals surface area (Å²) < 4.78 is 1.97. The van der Waals surface area contributed by atoms with Gasteiger partial charge in [-0.2, -0.15) is 0 Å². The van der Waals surface area contributed by atoms with Gasteiger partial charge in [-0.25, -0.2) is 0 Å². The van der Waals surface area contributed by atoms with Crippen LogP contribution in [0.25, 0.3) is 10.9 Å². The van der Waals surface area contributed by atoms with Crippen LogP contribution in [0.4, 0.5) is 0 Å². The molecule has 0 fully saturated rings. The molecule has 1 aromatic carbocycles. The van der Waals surface area contributed by atoms with Crippen molar-refractivity contribution in [2.24, 2.45) is 12.0 Å². The largest absolute Gasteiger partial charge is 0.358 e. The van der Waals surface area contributed by atoms with Crippen molar-refractivity contribution in [2.75, 3.05) is 13.6 Å². The lowest BCUT2D eigenvalue weighted by Gasteiger charge is -2.11. The molecule has 0 aliphatic carbocycles. The molecule has 0 aliphatic rings. The van der Waals surface area contributed by atoms with E-state index in [0.717, 1.165) is 30.6 Å². The van der Waals surface area contributed by atoms with E-state index in [0.29, 0.717) is 6.54 Å². The number of benzene rings is 1. The average molecular weight is 467 g/mol. The zero-order valence-electron chi connectivity index (χ0n) is 15.6. The number of aromatic nitrogens is 4. The standard InChI is InChI=1S/C18H25N7.HI/c1-12-14(15-7-5-6-8-16(15)22-12)9-10-20-18(19-3)21-11-17-24-23-13(2)25(17)4;/h5-8,22H,9-11H2,1-4H3,(H2,19,20,21);1H. The lowest BCUT2D eigenvalue weighted by atomic mass is 10.1. The highest BCUT2D eigenvalue weighted by Gasteiger charge is 2.09. The van der Waals surface area contributed by atoms with Crippen LogP contribution >= 0.6 is 24.0 Å². The van der Waals surface area contributed by atoms with E-state index in [2.05, 4.69) is 62.0 Å². The molecule has 140 valence electrons. The van der Waals surface area contributed by atoms with Crippen molar-refractivity contribution < 1.29 is 0 Å². The van der Waals surface area contributed by atoms with Gasteiger partial charge in [0.15, 0.2) is 11.8 Å². The van der Waals surface area contributed by atoms with Gasteiger partial charge in [-0.05, 0) is 31.9 Å². The summed E-state index contributed by atoms with van der Waals surface area (Å²) in [5, 5.41) is 16.1. The van der Waals surface area contributed by atoms with Gasteiger partial charge in [-0.1, -0.05) is 18.2 Å². The lowest BCUT2D eigenvalue weighted by molar-refractivity contribution is 0.716. The maximum atomic E-state index is 4.27. The van der Waals surface area contributed by atoms with Gasteiger partial charge in [0.1, 0.15) is 5.82 Å². The monoisotopic (exact) mass is 467 g/mol. The minimum Gasteiger partial charge on any atom is -0.358 e. The van der Waals surface area contributed by atoms with Crippen LogP contribution in [0.15, 0.2) is 29.3 Å². The molecule has 8 heteroatoms. The van der Waals surface area contributed by atoms with E-state index >= 15 is 0 Å². The number of H-pyrrole nitrogens is 1. The van der Waals surface area contributed by atoms with Crippen LogP contribution in [0.2, 0.25) is 0 Å².